The fourth-order valence-corrected chi connectivity index (χ4v) is 0.679. The molecule has 1 aromatic heterocycles. The molecule has 0 saturated heterocycles. The van der Waals surface area contributed by atoms with Crippen molar-refractivity contribution in [2.45, 2.75) is 13.3 Å². The van der Waals surface area contributed by atoms with Crippen LogP contribution < -0.4 is 0 Å². The summed E-state index contributed by atoms with van der Waals surface area (Å²) in [4.78, 5) is 27.8. The first kappa shape index (κ1) is 7.65. The quantitative estimate of drug-likeness (QED) is 0.625. The van der Waals surface area contributed by atoms with Crippen molar-refractivity contribution < 1.29 is 9.59 Å². The van der Waals surface area contributed by atoms with Gasteiger partial charge >= 0.3 is 0 Å². The Balaban J connectivity index is 2.57. The van der Waals surface area contributed by atoms with E-state index in [1.54, 1.807) is 0 Å². The van der Waals surface area contributed by atoms with Gasteiger partial charge < -0.3 is 4.98 Å². The first-order valence-corrected chi connectivity index (χ1v) is 3.21. The number of ketones is 2. The monoisotopic (exact) mass is 152 g/mol. The predicted molar refractivity (Wildman–Crippen MR) is 38.0 cm³/mol. The highest BCUT2D eigenvalue weighted by atomic mass is 16.2. The molecular weight excluding hydrogens is 144 g/mol. The van der Waals surface area contributed by atoms with Gasteiger partial charge in [-0.05, 0) is 0 Å². The third-order valence-electron chi connectivity index (χ3n) is 1.30. The summed E-state index contributed by atoms with van der Waals surface area (Å²) in [6.45, 7) is 1.26. The molecule has 58 valence electrons. The number of Topliss-reactive ketones (excluding diaryl/α,β-unsaturated/α-hetero) is 2. The number of hydrogen-bond acceptors (Lipinski definition) is 3. The average Bonchev–Trinajstić information content (AvgIpc) is 2.39. The van der Waals surface area contributed by atoms with E-state index in [-0.39, 0.29) is 6.42 Å². The van der Waals surface area contributed by atoms with E-state index in [1.807, 2.05) is 0 Å². The summed E-state index contributed by atoms with van der Waals surface area (Å²) in [5.74, 6) is -0.811. The topological polar surface area (TPSA) is 62.8 Å². The Morgan fingerprint density at radius 3 is 2.82 bits per heavy atom. The normalized spacial score (nSPS) is 9.55. The molecule has 0 spiro atoms. The van der Waals surface area contributed by atoms with Crippen LogP contribution in [0.1, 0.15) is 12.6 Å². The average molecular weight is 152 g/mol. The maximum absolute atomic E-state index is 10.8. The smallest absolute Gasteiger partial charge is 0.203 e. The molecule has 0 aliphatic heterocycles. The first-order chi connectivity index (χ1) is 5.20. The first-order valence-electron chi connectivity index (χ1n) is 3.21. The van der Waals surface area contributed by atoms with Gasteiger partial charge in [-0.25, -0.2) is 4.98 Å². The minimum absolute atomic E-state index is 0.120. The molecule has 1 aromatic rings. The highest BCUT2D eigenvalue weighted by Crippen LogP contribution is 1.93. The Morgan fingerprint density at radius 1 is 1.64 bits per heavy atom. The molecule has 0 aliphatic rings. The number of nitrogens with one attached hydrogen (secondary N) is 1. The summed E-state index contributed by atoms with van der Waals surface area (Å²) < 4.78 is 0. The van der Waals surface area contributed by atoms with Gasteiger partial charge in [-0.1, -0.05) is 0 Å². The molecule has 1 heterocycles. The summed E-state index contributed by atoms with van der Waals surface area (Å²) in [5.41, 5.74) is 0.671. The van der Waals surface area contributed by atoms with Gasteiger partial charge in [-0.15, -0.1) is 0 Å². The molecule has 0 bridgehead atoms. The van der Waals surface area contributed by atoms with E-state index in [0.29, 0.717) is 5.69 Å². The van der Waals surface area contributed by atoms with Gasteiger partial charge in [-0.2, -0.15) is 0 Å². The standard InChI is InChI=1S/C7H8N2O2/c1-5(10)7(11)2-6-3-8-4-9-6/h3-4H,2H2,1H3,(H,8,9). The Morgan fingerprint density at radius 2 is 2.36 bits per heavy atom. The molecule has 0 unspecified atom stereocenters. The van der Waals surface area contributed by atoms with E-state index in [0.717, 1.165) is 0 Å². The van der Waals surface area contributed by atoms with Crippen LogP contribution in [0.15, 0.2) is 12.5 Å². The van der Waals surface area contributed by atoms with Crippen molar-refractivity contribution in [1.29, 1.82) is 0 Å². The lowest BCUT2D eigenvalue weighted by Crippen LogP contribution is -2.12. The van der Waals surface area contributed by atoms with E-state index in [1.165, 1.54) is 19.4 Å². The van der Waals surface area contributed by atoms with Gasteiger partial charge in [0.2, 0.25) is 5.78 Å². The van der Waals surface area contributed by atoms with Gasteiger partial charge in [0.15, 0.2) is 5.78 Å². The van der Waals surface area contributed by atoms with Crippen molar-refractivity contribution in [3.8, 4) is 0 Å². The lowest BCUT2D eigenvalue weighted by molar-refractivity contribution is -0.134. The van der Waals surface area contributed by atoms with Crippen LogP contribution >= 0.6 is 0 Å². The number of hydrogen-bond donors (Lipinski definition) is 1. The van der Waals surface area contributed by atoms with Crippen LogP contribution in [0.2, 0.25) is 0 Å². The maximum Gasteiger partial charge on any atom is 0.203 e. The highest BCUT2D eigenvalue weighted by molar-refractivity contribution is 6.36. The van der Waals surface area contributed by atoms with E-state index in [9.17, 15) is 9.59 Å². The van der Waals surface area contributed by atoms with Crippen LogP contribution in [0, 0.1) is 0 Å². The van der Waals surface area contributed by atoms with Gasteiger partial charge in [0.05, 0.1) is 12.7 Å². The fourth-order valence-electron chi connectivity index (χ4n) is 0.679. The number of carbonyl (C=O) groups is 2. The van der Waals surface area contributed by atoms with Crippen molar-refractivity contribution in [2.24, 2.45) is 0 Å². The Kier molecular flexibility index (Phi) is 2.15. The van der Waals surface area contributed by atoms with E-state index < -0.39 is 11.6 Å². The molecule has 0 amide bonds. The number of aromatic nitrogens is 2. The summed E-state index contributed by atoms with van der Waals surface area (Å²) in [7, 11) is 0. The molecule has 1 rings (SSSR count). The van der Waals surface area contributed by atoms with Crippen LogP contribution in [-0.2, 0) is 16.0 Å². The van der Waals surface area contributed by atoms with Gasteiger partial charge in [0.25, 0.3) is 0 Å². The molecule has 11 heavy (non-hydrogen) atoms. The lowest BCUT2D eigenvalue weighted by Gasteiger charge is -1.90. The van der Waals surface area contributed by atoms with Crippen molar-refractivity contribution in [2.75, 3.05) is 0 Å². The van der Waals surface area contributed by atoms with Crippen LogP contribution in [0.25, 0.3) is 0 Å². The van der Waals surface area contributed by atoms with Crippen molar-refractivity contribution >= 4 is 11.6 Å². The second-order valence-electron chi connectivity index (χ2n) is 2.23. The SMILES string of the molecule is CC(=O)C(=O)Cc1cnc[nH]1. The molecule has 0 atom stereocenters. The van der Waals surface area contributed by atoms with Crippen molar-refractivity contribution in [1.82, 2.24) is 9.97 Å². The van der Waals surface area contributed by atoms with Gasteiger partial charge in [0.1, 0.15) is 0 Å². The Bertz CT molecular complexity index is 264. The molecule has 1 N–H and O–H groups in total. The number of carbonyl (C=O) groups excluding carboxylic acids is 2. The Labute approximate surface area is 63.6 Å². The second-order valence-corrected chi connectivity index (χ2v) is 2.23. The minimum Gasteiger partial charge on any atom is -0.348 e. The number of H-pyrrole nitrogens is 1. The van der Waals surface area contributed by atoms with Crippen molar-refractivity contribution in [3.05, 3.63) is 18.2 Å². The maximum atomic E-state index is 10.8. The third-order valence-corrected chi connectivity index (χ3v) is 1.30. The van der Waals surface area contributed by atoms with E-state index in [2.05, 4.69) is 9.97 Å². The molecular formula is C7H8N2O2. The van der Waals surface area contributed by atoms with Gasteiger partial charge in [0, 0.05) is 18.8 Å². The third kappa shape index (κ3) is 2.00. The largest absolute Gasteiger partial charge is 0.348 e. The summed E-state index contributed by atoms with van der Waals surface area (Å²) >= 11 is 0. The second kappa shape index (κ2) is 3.09. The zero-order chi connectivity index (χ0) is 8.27. The zero-order valence-corrected chi connectivity index (χ0v) is 6.13. The molecule has 0 radical (unpaired) electrons. The Hall–Kier alpha value is -1.45. The number of rotatable bonds is 3. The predicted octanol–water partition coefficient (Wildman–Crippen LogP) is 0.110. The lowest BCUT2D eigenvalue weighted by atomic mass is 10.2. The number of imidazole rings is 1. The molecule has 0 aromatic carbocycles. The van der Waals surface area contributed by atoms with Crippen molar-refractivity contribution in [3.63, 3.8) is 0 Å². The van der Waals surface area contributed by atoms with Crippen LogP contribution in [0.4, 0.5) is 0 Å². The molecule has 0 aliphatic carbocycles. The minimum atomic E-state index is -0.417. The van der Waals surface area contributed by atoms with E-state index in [4.69, 9.17) is 0 Å². The zero-order valence-electron chi connectivity index (χ0n) is 6.13. The summed E-state index contributed by atoms with van der Waals surface area (Å²) in [5, 5.41) is 0. The highest BCUT2D eigenvalue weighted by Gasteiger charge is 2.08. The number of nitrogens with zero attached hydrogens (tertiary/aromatic N) is 1. The molecule has 0 saturated carbocycles. The number of aromatic amines is 1. The molecule has 4 heteroatoms. The summed E-state index contributed by atoms with van der Waals surface area (Å²) in [6.07, 6.45) is 3.12. The van der Waals surface area contributed by atoms with Crippen LogP contribution in [0.3, 0.4) is 0 Å². The summed E-state index contributed by atoms with van der Waals surface area (Å²) in [6, 6.07) is 0. The van der Waals surface area contributed by atoms with Crippen LogP contribution in [-0.4, -0.2) is 21.5 Å². The molecule has 4 nitrogen and oxygen atoms in total. The van der Waals surface area contributed by atoms with Crippen LogP contribution in [0.5, 0.6) is 0 Å². The van der Waals surface area contributed by atoms with E-state index >= 15 is 0 Å². The van der Waals surface area contributed by atoms with Gasteiger partial charge in [-0.3, -0.25) is 9.59 Å². The fraction of sp³-hybridized carbons (Fsp3) is 0.286. The molecule has 0 fully saturated rings.